The Morgan fingerprint density at radius 2 is 1.83 bits per heavy atom. The van der Waals surface area contributed by atoms with Crippen LogP contribution in [0.15, 0.2) is 18.2 Å². The Balaban J connectivity index is 0.00000288. The van der Waals surface area contributed by atoms with E-state index in [4.69, 9.17) is 17.3 Å². The Labute approximate surface area is 158 Å². The molecule has 2 unspecified atom stereocenters. The van der Waals surface area contributed by atoms with Crippen molar-refractivity contribution in [2.45, 2.75) is 59.4 Å². The van der Waals surface area contributed by atoms with E-state index in [0.29, 0.717) is 23.2 Å². The molecule has 0 aliphatic heterocycles. The molecule has 1 aromatic rings. The van der Waals surface area contributed by atoms with Crippen LogP contribution in [0.25, 0.3) is 0 Å². The van der Waals surface area contributed by atoms with Gasteiger partial charge in [0.05, 0.1) is 0 Å². The van der Waals surface area contributed by atoms with Gasteiger partial charge in [-0.3, -0.25) is 0 Å². The number of hydrogen-bond donors (Lipinski definition) is 2. The van der Waals surface area contributed by atoms with Crippen molar-refractivity contribution in [1.29, 1.82) is 0 Å². The Morgan fingerprint density at radius 3 is 2.21 bits per heavy atom. The van der Waals surface area contributed by atoms with Gasteiger partial charge in [0, 0.05) is 23.1 Å². The summed E-state index contributed by atoms with van der Waals surface area (Å²) in [6.45, 7) is 13.2. The topological polar surface area (TPSA) is 46.2 Å². The van der Waals surface area contributed by atoms with E-state index in [1.54, 1.807) is 0 Å². The highest BCUT2D eigenvalue weighted by molar-refractivity contribution is 6.31. The Morgan fingerprint density at radius 1 is 1.25 bits per heavy atom. The zero-order valence-corrected chi connectivity index (χ0v) is 17.3. The molecule has 138 valence electrons. The van der Waals surface area contributed by atoms with Crippen LogP contribution in [-0.4, -0.2) is 11.7 Å². The highest BCUT2D eigenvalue weighted by atomic mass is 35.5. The van der Waals surface area contributed by atoms with E-state index in [9.17, 15) is 5.11 Å². The van der Waals surface area contributed by atoms with E-state index in [1.807, 2.05) is 13.0 Å². The number of aliphatic hydroxyl groups excluding tert-OH is 1. The molecule has 1 saturated carbocycles. The molecule has 0 aromatic heterocycles. The quantitative estimate of drug-likeness (QED) is 0.730. The maximum absolute atomic E-state index is 9.73. The molecule has 2 rings (SSSR count). The zero-order valence-electron chi connectivity index (χ0n) is 15.8. The van der Waals surface area contributed by atoms with Gasteiger partial charge in [-0.05, 0) is 53.7 Å². The van der Waals surface area contributed by atoms with Crippen LogP contribution < -0.4 is 5.73 Å². The third kappa shape index (κ3) is 4.27. The van der Waals surface area contributed by atoms with Crippen LogP contribution in [0.5, 0.6) is 0 Å². The summed E-state index contributed by atoms with van der Waals surface area (Å²) < 4.78 is 0. The van der Waals surface area contributed by atoms with Gasteiger partial charge in [0.25, 0.3) is 0 Å². The molecule has 0 bridgehead atoms. The van der Waals surface area contributed by atoms with Gasteiger partial charge in [0.2, 0.25) is 0 Å². The van der Waals surface area contributed by atoms with Crippen molar-refractivity contribution in [3.63, 3.8) is 0 Å². The molecule has 0 saturated heterocycles. The Kier molecular flexibility index (Phi) is 6.83. The van der Waals surface area contributed by atoms with Crippen LogP contribution in [0, 0.1) is 23.2 Å². The van der Waals surface area contributed by atoms with Crippen LogP contribution in [0.2, 0.25) is 5.02 Å². The fraction of sp³-hybridized carbons (Fsp3) is 0.700. The van der Waals surface area contributed by atoms with Gasteiger partial charge in [0.15, 0.2) is 0 Å². The van der Waals surface area contributed by atoms with Crippen LogP contribution in [0.3, 0.4) is 0 Å². The zero-order chi connectivity index (χ0) is 17.6. The van der Waals surface area contributed by atoms with Crippen molar-refractivity contribution in [1.82, 2.24) is 0 Å². The van der Waals surface area contributed by atoms with E-state index in [0.717, 1.165) is 10.6 Å². The summed E-state index contributed by atoms with van der Waals surface area (Å²) in [7, 11) is 0. The maximum atomic E-state index is 9.73. The lowest BCUT2D eigenvalue weighted by molar-refractivity contribution is 0.120. The van der Waals surface area contributed by atoms with Gasteiger partial charge in [-0.15, -0.1) is 12.4 Å². The van der Waals surface area contributed by atoms with Gasteiger partial charge >= 0.3 is 0 Å². The third-order valence-electron chi connectivity index (χ3n) is 5.70. The third-order valence-corrected chi connectivity index (χ3v) is 6.02. The first-order valence-corrected chi connectivity index (χ1v) is 9.07. The lowest BCUT2D eigenvalue weighted by atomic mass is 9.75. The molecular weight excluding hydrogens is 341 g/mol. The fourth-order valence-corrected chi connectivity index (χ4v) is 4.29. The summed E-state index contributed by atoms with van der Waals surface area (Å²) >= 11 is 6.60. The first-order valence-electron chi connectivity index (χ1n) is 8.69. The molecular formula is C20H33Cl2NO. The van der Waals surface area contributed by atoms with E-state index in [2.05, 4.69) is 46.8 Å². The highest BCUT2D eigenvalue weighted by Crippen LogP contribution is 2.58. The first kappa shape index (κ1) is 21.8. The highest BCUT2D eigenvalue weighted by Gasteiger charge is 2.46. The minimum Gasteiger partial charge on any atom is -0.396 e. The molecule has 0 spiro atoms. The molecule has 2 nitrogen and oxygen atoms in total. The van der Waals surface area contributed by atoms with Crippen LogP contribution in [0.1, 0.15) is 65.0 Å². The van der Waals surface area contributed by atoms with E-state index in [-0.39, 0.29) is 24.9 Å². The molecule has 1 aliphatic rings. The summed E-state index contributed by atoms with van der Waals surface area (Å²) in [6, 6.07) is 6.26. The normalized spacial score (nSPS) is 24.2. The molecule has 4 atom stereocenters. The van der Waals surface area contributed by atoms with Gasteiger partial charge < -0.3 is 10.8 Å². The van der Waals surface area contributed by atoms with Gasteiger partial charge in [-0.2, -0.15) is 0 Å². The molecule has 3 N–H and O–H groups in total. The fourth-order valence-electron chi connectivity index (χ4n) is 3.97. The molecule has 0 radical (unpaired) electrons. The molecule has 4 heteroatoms. The van der Waals surface area contributed by atoms with E-state index in [1.165, 1.54) is 12.0 Å². The summed E-state index contributed by atoms with van der Waals surface area (Å²) in [5.41, 5.74) is 8.58. The van der Waals surface area contributed by atoms with Crippen molar-refractivity contribution in [3.8, 4) is 0 Å². The average Bonchev–Trinajstić information content (AvgIpc) is 3.18. The second-order valence-electron chi connectivity index (χ2n) is 8.87. The Hall–Kier alpha value is -0.280. The molecule has 1 aromatic carbocycles. The Bertz CT molecular complexity index is 563. The second kappa shape index (κ2) is 7.53. The minimum atomic E-state index is -0.585. The van der Waals surface area contributed by atoms with E-state index < -0.39 is 5.54 Å². The number of nitrogens with two attached hydrogens (primary N) is 1. The van der Waals surface area contributed by atoms with Crippen LogP contribution in [0.4, 0.5) is 0 Å². The minimum absolute atomic E-state index is 0. The van der Waals surface area contributed by atoms with Crippen LogP contribution >= 0.6 is 24.0 Å². The van der Waals surface area contributed by atoms with Gasteiger partial charge in [-0.25, -0.2) is 0 Å². The molecule has 1 fully saturated rings. The lowest BCUT2D eigenvalue weighted by Crippen LogP contribution is -2.45. The second-order valence-corrected chi connectivity index (χ2v) is 9.27. The van der Waals surface area contributed by atoms with Crippen molar-refractivity contribution in [2.75, 3.05) is 6.61 Å². The van der Waals surface area contributed by atoms with Crippen molar-refractivity contribution >= 4 is 24.0 Å². The number of hydrogen-bond acceptors (Lipinski definition) is 2. The van der Waals surface area contributed by atoms with Gasteiger partial charge in [0.1, 0.15) is 0 Å². The van der Waals surface area contributed by atoms with Crippen molar-refractivity contribution in [2.24, 2.45) is 28.9 Å². The summed E-state index contributed by atoms with van der Waals surface area (Å²) in [5, 5.41) is 10.5. The van der Waals surface area contributed by atoms with Crippen LogP contribution in [-0.2, 0) is 5.54 Å². The van der Waals surface area contributed by atoms with Crippen molar-refractivity contribution < 1.29 is 5.11 Å². The molecule has 1 aliphatic carbocycles. The monoisotopic (exact) mass is 373 g/mol. The van der Waals surface area contributed by atoms with E-state index >= 15 is 0 Å². The number of halogens is 2. The number of rotatable bonds is 5. The summed E-state index contributed by atoms with van der Waals surface area (Å²) in [4.78, 5) is 0. The SMILES string of the molecule is CC(C)C(CO)C(C)(N)c1ccc([C@@H]2C[C@H]2C(C)(C)C)c(Cl)c1.Cl. The maximum Gasteiger partial charge on any atom is 0.0482 e. The molecule has 0 amide bonds. The molecule has 0 heterocycles. The first-order chi connectivity index (χ1) is 10.5. The van der Waals surface area contributed by atoms with Gasteiger partial charge in [-0.1, -0.05) is 58.4 Å². The standard InChI is InChI=1S/C20H32ClNO.ClH/c1-12(2)17(11-23)20(6,22)13-7-8-14(18(21)9-13)15-10-16(15)19(3,4)5;/h7-9,12,15-17,23H,10-11,22H2,1-6H3;1H/t15-,16+,17?,20?;/m0./s1. The molecule has 24 heavy (non-hydrogen) atoms. The van der Waals surface area contributed by atoms with Crippen molar-refractivity contribution in [3.05, 3.63) is 34.3 Å². The predicted octanol–water partition coefficient (Wildman–Crippen LogP) is 5.35. The summed E-state index contributed by atoms with van der Waals surface area (Å²) in [5.74, 6) is 1.59. The largest absolute Gasteiger partial charge is 0.396 e. The smallest absolute Gasteiger partial charge is 0.0482 e. The predicted molar refractivity (Wildman–Crippen MR) is 106 cm³/mol. The average molecular weight is 374 g/mol. The lowest BCUT2D eigenvalue weighted by Gasteiger charge is -2.36. The summed E-state index contributed by atoms with van der Waals surface area (Å²) in [6.07, 6.45) is 1.22. The number of aliphatic hydroxyl groups is 1. The number of benzene rings is 1.